The zero-order valence-corrected chi connectivity index (χ0v) is 14.1. The molecule has 134 valence electrons. The maximum absolute atomic E-state index is 12.7. The molecule has 0 bridgehead atoms. The van der Waals surface area contributed by atoms with Gasteiger partial charge in [0.1, 0.15) is 11.8 Å². The Labute approximate surface area is 150 Å². The lowest BCUT2D eigenvalue weighted by Crippen LogP contribution is -2.34. The lowest BCUT2D eigenvalue weighted by molar-refractivity contribution is -0.136. The highest BCUT2D eigenvalue weighted by Gasteiger charge is 2.39. The van der Waals surface area contributed by atoms with Gasteiger partial charge < -0.3 is 15.2 Å². The molecule has 1 saturated heterocycles. The van der Waals surface area contributed by atoms with Crippen molar-refractivity contribution in [2.24, 2.45) is 0 Å². The molecule has 7 heteroatoms. The Bertz CT molecular complexity index is 847. The molecule has 1 atom stereocenters. The summed E-state index contributed by atoms with van der Waals surface area (Å²) in [5.41, 5.74) is 1.73. The quantitative estimate of drug-likeness (QED) is 0.771. The van der Waals surface area contributed by atoms with Crippen LogP contribution in [0.15, 0.2) is 48.5 Å². The van der Waals surface area contributed by atoms with Crippen LogP contribution in [-0.2, 0) is 20.8 Å². The number of aliphatic carboxylic acids is 1. The van der Waals surface area contributed by atoms with E-state index in [4.69, 9.17) is 9.84 Å². The number of carbonyl (C=O) groups is 3. The number of carbonyl (C=O) groups excluding carboxylic acids is 2. The first-order chi connectivity index (χ1) is 12.5. The number of methoxy groups -OCH3 is 1. The summed E-state index contributed by atoms with van der Waals surface area (Å²) >= 11 is 0. The Morgan fingerprint density at radius 3 is 2.62 bits per heavy atom. The molecule has 1 fully saturated rings. The number of carboxylic acid groups (broad SMARTS) is 1. The van der Waals surface area contributed by atoms with Gasteiger partial charge in [0, 0.05) is 11.8 Å². The number of ether oxygens (including phenoxy) is 1. The fourth-order valence-corrected chi connectivity index (χ4v) is 2.87. The fourth-order valence-electron chi connectivity index (χ4n) is 2.87. The first-order valence-corrected chi connectivity index (χ1v) is 8.06. The second kappa shape index (κ2) is 7.26. The molecular formula is C19H18N2O5. The van der Waals surface area contributed by atoms with Crippen molar-refractivity contribution in [3.63, 3.8) is 0 Å². The van der Waals surface area contributed by atoms with Crippen molar-refractivity contribution in [3.05, 3.63) is 54.1 Å². The van der Waals surface area contributed by atoms with Gasteiger partial charge in [0.05, 0.1) is 25.6 Å². The summed E-state index contributed by atoms with van der Waals surface area (Å²) in [7, 11) is 1.55. The number of carboxylic acids is 1. The SMILES string of the molecule is COc1cccc(NC2CC(=O)N(c3ccc(CC(=O)O)cc3)C2=O)c1. The number of hydrogen-bond donors (Lipinski definition) is 2. The summed E-state index contributed by atoms with van der Waals surface area (Å²) in [6.07, 6.45) is -0.0604. The number of nitrogens with one attached hydrogen (secondary N) is 1. The molecule has 0 radical (unpaired) electrons. The normalized spacial score (nSPS) is 16.7. The van der Waals surface area contributed by atoms with Gasteiger partial charge in [-0.05, 0) is 29.8 Å². The van der Waals surface area contributed by atoms with Crippen LogP contribution in [0.3, 0.4) is 0 Å². The van der Waals surface area contributed by atoms with Crippen molar-refractivity contribution in [1.82, 2.24) is 0 Å². The van der Waals surface area contributed by atoms with Crippen LogP contribution in [0, 0.1) is 0 Å². The minimum atomic E-state index is -0.936. The molecule has 1 unspecified atom stereocenters. The number of hydrogen-bond acceptors (Lipinski definition) is 5. The van der Waals surface area contributed by atoms with Crippen molar-refractivity contribution in [2.75, 3.05) is 17.3 Å². The second-order valence-electron chi connectivity index (χ2n) is 5.94. The molecule has 2 aromatic rings. The number of imide groups is 1. The van der Waals surface area contributed by atoms with E-state index < -0.39 is 12.0 Å². The van der Waals surface area contributed by atoms with Crippen LogP contribution >= 0.6 is 0 Å². The fraction of sp³-hybridized carbons (Fsp3) is 0.211. The Hall–Kier alpha value is -3.35. The molecule has 26 heavy (non-hydrogen) atoms. The van der Waals surface area contributed by atoms with Crippen molar-refractivity contribution in [2.45, 2.75) is 18.9 Å². The van der Waals surface area contributed by atoms with Crippen molar-refractivity contribution < 1.29 is 24.2 Å². The van der Waals surface area contributed by atoms with E-state index in [0.717, 1.165) is 4.90 Å². The van der Waals surface area contributed by atoms with Gasteiger partial charge in [-0.1, -0.05) is 18.2 Å². The standard InChI is InChI=1S/C19H18N2O5/c1-26-15-4-2-3-13(10-15)20-16-11-17(22)21(19(16)25)14-7-5-12(6-8-14)9-18(23)24/h2-8,10,16,20H,9,11H2,1H3,(H,23,24). The Morgan fingerprint density at radius 2 is 1.96 bits per heavy atom. The van der Waals surface area contributed by atoms with Crippen LogP contribution in [0.2, 0.25) is 0 Å². The van der Waals surface area contributed by atoms with Gasteiger partial charge in [-0.2, -0.15) is 0 Å². The average molecular weight is 354 g/mol. The molecule has 0 spiro atoms. The Morgan fingerprint density at radius 1 is 1.23 bits per heavy atom. The highest BCUT2D eigenvalue weighted by molar-refractivity contribution is 6.23. The molecule has 1 aliphatic heterocycles. The Balaban J connectivity index is 1.75. The first-order valence-electron chi connectivity index (χ1n) is 8.06. The molecule has 2 N–H and O–H groups in total. The minimum Gasteiger partial charge on any atom is -0.497 e. The number of nitrogens with zero attached hydrogens (tertiary/aromatic N) is 1. The highest BCUT2D eigenvalue weighted by Crippen LogP contribution is 2.26. The topological polar surface area (TPSA) is 95.9 Å². The predicted octanol–water partition coefficient (Wildman–Crippen LogP) is 2.07. The maximum atomic E-state index is 12.7. The van der Waals surface area contributed by atoms with Gasteiger partial charge in [0.2, 0.25) is 5.91 Å². The molecular weight excluding hydrogens is 336 g/mol. The van der Waals surface area contributed by atoms with Crippen LogP contribution in [0.5, 0.6) is 5.75 Å². The monoisotopic (exact) mass is 354 g/mol. The summed E-state index contributed by atoms with van der Waals surface area (Å²) in [5.74, 6) is -0.934. The average Bonchev–Trinajstić information content (AvgIpc) is 2.89. The predicted molar refractivity (Wildman–Crippen MR) is 95.3 cm³/mol. The number of anilines is 2. The molecule has 2 aromatic carbocycles. The number of benzene rings is 2. The van der Waals surface area contributed by atoms with Crippen molar-refractivity contribution in [1.29, 1.82) is 0 Å². The van der Waals surface area contributed by atoms with Gasteiger partial charge in [0.15, 0.2) is 0 Å². The van der Waals surface area contributed by atoms with Gasteiger partial charge in [0.25, 0.3) is 5.91 Å². The smallest absolute Gasteiger partial charge is 0.307 e. The summed E-state index contributed by atoms with van der Waals surface area (Å²) in [5, 5.41) is 11.9. The van der Waals surface area contributed by atoms with Crippen LogP contribution in [-0.4, -0.2) is 36.0 Å². The van der Waals surface area contributed by atoms with Crippen molar-refractivity contribution in [3.8, 4) is 5.75 Å². The molecule has 0 aromatic heterocycles. The molecule has 2 amide bonds. The number of amides is 2. The summed E-state index contributed by atoms with van der Waals surface area (Å²) < 4.78 is 5.15. The molecule has 3 rings (SSSR count). The van der Waals surface area contributed by atoms with E-state index in [9.17, 15) is 14.4 Å². The van der Waals surface area contributed by atoms with Gasteiger partial charge in [-0.25, -0.2) is 4.90 Å². The van der Waals surface area contributed by atoms with Crippen molar-refractivity contribution >= 4 is 29.2 Å². The highest BCUT2D eigenvalue weighted by atomic mass is 16.5. The van der Waals surface area contributed by atoms with E-state index in [1.54, 1.807) is 55.6 Å². The third kappa shape index (κ3) is 3.66. The van der Waals surface area contributed by atoms with Gasteiger partial charge in [-0.15, -0.1) is 0 Å². The van der Waals surface area contributed by atoms with E-state index in [0.29, 0.717) is 22.7 Å². The van der Waals surface area contributed by atoms with Crippen LogP contribution in [0.4, 0.5) is 11.4 Å². The summed E-state index contributed by atoms with van der Waals surface area (Å²) in [4.78, 5) is 36.8. The lowest BCUT2D eigenvalue weighted by atomic mass is 10.1. The van der Waals surface area contributed by atoms with E-state index in [2.05, 4.69) is 5.32 Å². The molecule has 0 saturated carbocycles. The largest absolute Gasteiger partial charge is 0.497 e. The van der Waals surface area contributed by atoms with E-state index >= 15 is 0 Å². The molecule has 0 aliphatic carbocycles. The molecule has 1 aliphatic rings. The Kier molecular flexibility index (Phi) is 4.88. The lowest BCUT2D eigenvalue weighted by Gasteiger charge is -2.16. The minimum absolute atomic E-state index is 0.0485. The van der Waals surface area contributed by atoms with E-state index in [1.165, 1.54) is 0 Å². The summed E-state index contributed by atoms with van der Waals surface area (Å²) in [6, 6.07) is 12.8. The first kappa shape index (κ1) is 17.5. The van der Waals surface area contributed by atoms with Crippen LogP contribution in [0.1, 0.15) is 12.0 Å². The zero-order chi connectivity index (χ0) is 18.7. The van der Waals surface area contributed by atoms with Gasteiger partial charge in [-0.3, -0.25) is 14.4 Å². The van der Waals surface area contributed by atoms with E-state index in [1.807, 2.05) is 0 Å². The third-order valence-electron chi connectivity index (χ3n) is 4.11. The van der Waals surface area contributed by atoms with Crippen LogP contribution < -0.4 is 15.0 Å². The maximum Gasteiger partial charge on any atom is 0.307 e. The third-order valence-corrected chi connectivity index (χ3v) is 4.11. The molecule has 7 nitrogen and oxygen atoms in total. The van der Waals surface area contributed by atoms with E-state index in [-0.39, 0.29) is 24.7 Å². The van der Waals surface area contributed by atoms with Gasteiger partial charge >= 0.3 is 5.97 Å². The molecule has 1 heterocycles. The zero-order valence-electron chi connectivity index (χ0n) is 14.1. The van der Waals surface area contributed by atoms with Crippen LogP contribution in [0.25, 0.3) is 0 Å². The second-order valence-corrected chi connectivity index (χ2v) is 5.94. The summed E-state index contributed by atoms with van der Waals surface area (Å²) in [6.45, 7) is 0. The number of rotatable bonds is 6.